The molecule has 0 bridgehead atoms. The Kier molecular flexibility index (Phi) is 5.28. The second kappa shape index (κ2) is 7.79. The van der Waals surface area contributed by atoms with Crippen LogP contribution in [0.2, 0.25) is 0 Å². The number of ether oxygens (including phenoxy) is 1. The van der Waals surface area contributed by atoms with Gasteiger partial charge in [-0.25, -0.2) is 0 Å². The van der Waals surface area contributed by atoms with Crippen molar-refractivity contribution in [3.8, 4) is 5.75 Å². The molecule has 0 aromatic heterocycles. The van der Waals surface area contributed by atoms with E-state index in [1.807, 2.05) is 12.1 Å². The third-order valence-electron chi connectivity index (χ3n) is 4.13. The predicted octanol–water partition coefficient (Wildman–Crippen LogP) is 2.40. The van der Waals surface area contributed by atoms with Crippen molar-refractivity contribution in [1.82, 2.24) is 0 Å². The van der Waals surface area contributed by atoms with Crippen molar-refractivity contribution >= 4 is 23.2 Å². The molecule has 1 aliphatic rings. The fourth-order valence-electron chi connectivity index (χ4n) is 2.71. The van der Waals surface area contributed by atoms with Crippen LogP contribution in [-0.2, 0) is 4.74 Å². The minimum absolute atomic E-state index is 0.215. The molecule has 1 fully saturated rings. The van der Waals surface area contributed by atoms with Crippen LogP contribution in [0.4, 0.5) is 11.4 Å². The topological polar surface area (TPSA) is 95.7 Å². The molecule has 0 aliphatic carbocycles. The van der Waals surface area contributed by atoms with Gasteiger partial charge in [0, 0.05) is 30.4 Å². The summed E-state index contributed by atoms with van der Waals surface area (Å²) >= 11 is 0. The van der Waals surface area contributed by atoms with Gasteiger partial charge in [-0.15, -0.1) is 0 Å². The highest BCUT2D eigenvalue weighted by molar-refractivity contribution is 6.07. The van der Waals surface area contributed by atoms with Crippen molar-refractivity contribution < 1.29 is 19.6 Å². The van der Waals surface area contributed by atoms with E-state index in [1.165, 1.54) is 18.2 Å². The van der Waals surface area contributed by atoms with Gasteiger partial charge in [0.1, 0.15) is 0 Å². The number of hydrogen-bond acceptors (Lipinski definition) is 6. The zero-order valence-corrected chi connectivity index (χ0v) is 14.0. The number of allylic oxidation sites excluding steroid dienone is 1. The zero-order chi connectivity index (χ0) is 18.5. The lowest BCUT2D eigenvalue weighted by Gasteiger charge is -2.28. The molecule has 7 nitrogen and oxygen atoms in total. The Bertz CT molecular complexity index is 840. The van der Waals surface area contributed by atoms with E-state index in [9.17, 15) is 20.0 Å². The van der Waals surface area contributed by atoms with Crippen LogP contribution >= 0.6 is 0 Å². The van der Waals surface area contributed by atoms with Crippen LogP contribution in [-0.4, -0.2) is 37.0 Å². The molecule has 1 aliphatic heterocycles. The molecule has 2 aromatic rings. The maximum Gasteiger partial charge on any atom is 0.262 e. The molecule has 0 radical (unpaired) electrons. The summed E-state index contributed by atoms with van der Waals surface area (Å²) in [7, 11) is 0. The number of anilines is 1. The SMILES string of the molecule is O=C(/C=C/c1ccc([O-])c([N+](=O)[O-])c1)c1ccc(N2CCOCC2)cc1. The number of carbonyl (C=O) groups is 1. The van der Waals surface area contributed by atoms with Crippen LogP contribution in [0.3, 0.4) is 0 Å². The van der Waals surface area contributed by atoms with Crippen molar-refractivity contribution in [2.45, 2.75) is 0 Å². The Balaban J connectivity index is 1.70. The van der Waals surface area contributed by atoms with Gasteiger partial charge in [0.15, 0.2) is 5.78 Å². The van der Waals surface area contributed by atoms with E-state index >= 15 is 0 Å². The Morgan fingerprint density at radius 1 is 1.12 bits per heavy atom. The monoisotopic (exact) mass is 353 g/mol. The van der Waals surface area contributed by atoms with E-state index in [0.29, 0.717) is 24.3 Å². The number of carbonyl (C=O) groups excluding carboxylic acids is 1. The summed E-state index contributed by atoms with van der Waals surface area (Å²) in [5, 5.41) is 22.2. The minimum Gasteiger partial charge on any atom is -0.868 e. The quantitative estimate of drug-likeness (QED) is 0.354. The fraction of sp³-hybridized carbons (Fsp3) is 0.211. The molecule has 1 heterocycles. The molecule has 134 valence electrons. The number of rotatable bonds is 5. The van der Waals surface area contributed by atoms with Crippen LogP contribution in [0.15, 0.2) is 48.5 Å². The van der Waals surface area contributed by atoms with Crippen LogP contribution in [0, 0.1) is 10.1 Å². The summed E-state index contributed by atoms with van der Waals surface area (Å²) in [6.07, 6.45) is 2.80. The molecule has 0 N–H and O–H groups in total. The van der Waals surface area contributed by atoms with E-state index in [0.717, 1.165) is 30.9 Å². The van der Waals surface area contributed by atoms with Gasteiger partial charge < -0.3 is 14.7 Å². The van der Waals surface area contributed by atoms with E-state index in [-0.39, 0.29) is 5.78 Å². The lowest BCUT2D eigenvalue weighted by Crippen LogP contribution is -2.36. The number of nitro groups is 1. The van der Waals surface area contributed by atoms with Gasteiger partial charge in [-0.05, 0) is 41.7 Å². The number of ketones is 1. The van der Waals surface area contributed by atoms with E-state index < -0.39 is 16.4 Å². The highest BCUT2D eigenvalue weighted by Gasteiger charge is 2.12. The van der Waals surface area contributed by atoms with Crippen molar-refractivity contribution in [1.29, 1.82) is 0 Å². The Morgan fingerprint density at radius 3 is 2.46 bits per heavy atom. The van der Waals surface area contributed by atoms with Gasteiger partial charge >= 0.3 is 0 Å². The van der Waals surface area contributed by atoms with Crippen molar-refractivity contribution in [3.05, 3.63) is 69.8 Å². The summed E-state index contributed by atoms with van der Waals surface area (Å²) in [4.78, 5) is 24.5. The van der Waals surface area contributed by atoms with E-state index in [2.05, 4.69) is 4.90 Å². The van der Waals surface area contributed by atoms with Gasteiger partial charge in [0.2, 0.25) is 0 Å². The van der Waals surface area contributed by atoms with Crippen LogP contribution in [0.5, 0.6) is 5.75 Å². The fourth-order valence-corrected chi connectivity index (χ4v) is 2.71. The van der Waals surface area contributed by atoms with E-state index in [1.54, 1.807) is 12.1 Å². The first-order valence-corrected chi connectivity index (χ1v) is 8.15. The number of hydrogen-bond donors (Lipinski definition) is 0. The third kappa shape index (κ3) is 4.07. The first-order valence-electron chi connectivity index (χ1n) is 8.15. The summed E-state index contributed by atoms with van der Waals surface area (Å²) in [6.45, 7) is 3.03. The van der Waals surface area contributed by atoms with Gasteiger partial charge in [0.25, 0.3) is 5.69 Å². The number of morpholine rings is 1. The smallest absolute Gasteiger partial charge is 0.262 e. The van der Waals surface area contributed by atoms with Crippen molar-refractivity contribution in [2.75, 3.05) is 31.2 Å². The second-order valence-electron chi connectivity index (χ2n) is 5.83. The average molecular weight is 353 g/mol. The Morgan fingerprint density at radius 2 is 1.81 bits per heavy atom. The second-order valence-corrected chi connectivity index (χ2v) is 5.83. The molecule has 7 heteroatoms. The molecule has 26 heavy (non-hydrogen) atoms. The number of nitrogens with zero attached hydrogens (tertiary/aromatic N) is 2. The molecule has 3 rings (SSSR count). The average Bonchev–Trinajstić information content (AvgIpc) is 2.67. The zero-order valence-electron chi connectivity index (χ0n) is 14.0. The molecule has 0 amide bonds. The first-order chi connectivity index (χ1) is 12.5. The molecule has 2 aromatic carbocycles. The van der Waals surface area contributed by atoms with Gasteiger partial charge in [-0.1, -0.05) is 18.2 Å². The largest absolute Gasteiger partial charge is 0.868 e. The molecule has 0 saturated carbocycles. The molecule has 0 unspecified atom stereocenters. The molecule has 0 atom stereocenters. The summed E-state index contributed by atoms with van der Waals surface area (Å²) in [6, 6.07) is 11.0. The Labute approximate surface area is 150 Å². The van der Waals surface area contributed by atoms with E-state index in [4.69, 9.17) is 4.74 Å². The molecule has 0 spiro atoms. The summed E-state index contributed by atoms with van der Waals surface area (Å²) in [5.41, 5.74) is 1.48. The van der Waals surface area contributed by atoms with Crippen molar-refractivity contribution in [3.63, 3.8) is 0 Å². The van der Waals surface area contributed by atoms with Crippen LogP contribution in [0.1, 0.15) is 15.9 Å². The standard InChI is InChI=1S/C19H18N2O5/c22-18(7-1-14-2-8-19(23)17(13-14)21(24)25)15-3-5-16(6-4-15)20-9-11-26-12-10-20/h1-8,13,23H,9-12H2/p-1/b7-1+. The van der Waals surface area contributed by atoms with Crippen LogP contribution < -0.4 is 10.0 Å². The van der Waals surface area contributed by atoms with Gasteiger partial charge in [-0.3, -0.25) is 14.9 Å². The lowest BCUT2D eigenvalue weighted by molar-refractivity contribution is -0.398. The molecular formula is C19H17N2O5-. The maximum absolute atomic E-state index is 12.3. The Hall–Kier alpha value is -3.19. The number of nitro benzene ring substituents is 1. The summed E-state index contributed by atoms with van der Waals surface area (Å²) in [5.74, 6) is -0.871. The molecular weight excluding hydrogens is 336 g/mol. The minimum atomic E-state index is -0.730. The third-order valence-corrected chi connectivity index (χ3v) is 4.13. The normalized spacial score (nSPS) is 14.5. The highest BCUT2D eigenvalue weighted by Crippen LogP contribution is 2.24. The highest BCUT2D eigenvalue weighted by atomic mass is 16.6. The van der Waals surface area contributed by atoms with Gasteiger partial charge in [0.05, 0.1) is 18.1 Å². The summed E-state index contributed by atoms with van der Waals surface area (Å²) < 4.78 is 5.32. The van der Waals surface area contributed by atoms with Crippen LogP contribution in [0.25, 0.3) is 6.08 Å². The lowest BCUT2D eigenvalue weighted by atomic mass is 10.1. The predicted molar refractivity (Wildman–Crippen MR) is 95.4 cm³/mol. The van der Waals surface area contributed by atoms with Crippen molar-refractivity contribution in [2.24, 2.45) is 0 Å². The van der Waals surface area contributed by atoms with Gasteiger partial charge in [-0.2, -0.15) is 0 Å². The first kappa shape index (κ1) is 17.6. The number of benzene rings is 2. The maximum atomic E-state index is 12.3. The molecule has 1 saturated heterocycles.